The van der Waals surface area contributed by atoms with Crippen LogP contribution in [-0.2, 0) is 4.79 Å². The minimum absolute atomic E-state index is 0.0305. The lowest BCUT2D eigenvalue weighted by Gasteiger charge is -2.29. The zero-order valence-electron chi connectivity index (χ0n) is 10.9. The topological polar surface area (TPSA) is 20.3 Å². The lowest BCUT2D eigenvalue weighted by molar-refractivity contribution is -0.127. The van der Waals surface area contributed by atoms with Gasteiger partial charge in [0, 0.05) is 34.8 Å². The number of nitrogens with zero attached hydrogens (tertiary/aromatic N) is 1. The monoisotopic (exact) mass is 297 g/mol. The minimum Gasteiger partial charge on any atom is -0.339 e. The molecule has 102 valence electrons. The number of carbonyl (C=O) groups is 1. The molecule has 1 amide bonds. The largest absolute Gasteiger partial charge is 0.339 e. The Morgan fingerprint density at radius 1 is 1.26 bits per heavy atom. The first-order valence-corrected chi connectivity index (χ1v) is 7.24. The van der Waals surface area contributed by atoms with Gasteiger partial charge < -0.3 is 4.90 Å². The molecule has 2 rings (SSSR count). The highest BCUT2D eigenvalue weighted by molar-refractivity contribution is 6.37. The van der Waals surface area contributed by atoms with Crippen LogP contribution in [-0.4, -0.2) is 23.9 Å². The molecule has 1 saturated heterocycles. The summed E-state index contributed by atoms with van der Waals surface area (Å²) in [6.07, 6.45) is 5.41. The van der Waals surface area contributed by atoms with Crippen LogP contribution >= 0.6 is 23.2 Å². The van der Waals surface area contributed by atoms with E-state index in [1.165, 1.54) is 0 Å². The van der Waals surface area contributed by atoms with Gasteiger partial charge in [-0.25, -0.2) is 0 Å². The van der Waals surface area contributed by atoms with E-state index in [4.69, 9.17) is 23.2 Å². The molecule has 0 unspecified atom stereocenters. The van der Waals surface area contributed by atoms with E-state index in [1.807, 2.05) is 4.90 Å². The van der Waals surface area contributed by atoms with E-state index < -0.39 is 0 Å². The van der Waals surface area contributed by atoms with Gasteiger partial charge >= 0.3 is 0 Å². The van der Waals surface area contributed by atoms with Gasteiger partial charge in [0.05, 0.1) is 0 Å². The first kappa shape index (κ1) is 14.4. The van der Waals surface area contributed by atoms with Gasteiger partial charge in [0.2, 0.25) is 5.91 Å². The number of piperidine rings is 1. The Kier molecular flexibility index (Phi) is 4.89. The van der Waals surface area contributed by atoms with E-state index in [-0.39, 0.29) is 5.91 Å². The summed E-state index contributed by atoms with van der Waals surface area (Å²) in [7, 11) is 0. The molecule has 4 heteroatoms. The summed E-state index contributed by atoms with van der Waals surface area (Å²) in [5, 5.41) is 1.12. The molecule has 0 N–H and O–H groups in total. The fourth-order valence-electron chi connectivity index (χ4n) is 2.16. The van der Waals surface area contributed by atoms with E-state index in [2.05, 4.69) is 6.92 Å². The van der Waals surface area contributed by atoms with Crippen molar-refractivity contribution in [2.45, 2.75) is 19.8 Å². The lowest BCUT2D eigenvalue weighted by Crippen LogP contribution is -2.36. The first-order valence-electron chi connectivity index (χ1n) is 6.49. The van der Waals surface area contributed by atoms with Gasteiger partial charge in [-0.1, -0.05) is 36.2 Å². The van der Waals surface area contributed by atoms with Crippen LogP contribution in [0.5, 0.6) is 0 Å². The van der Waals surface area contributed by atoms with E-state index >= 15 is 0 Å². The van der Waals surface area contributed by atoms with Crippen molar-refractivity contribution in [3.05, 3.63) is 39.9 Å². The van der Waals surface area contributed by atoms with Crippen molar-refractivity contribution in [2.75, 3.05) is 13.1 Å². The first-order chi connectivity index (χ1) is 9.08. The Bertz CT molecular complexity index is 471. The highest BCUT2D eigenvalue weighted by Crippen LogP contribution is 2.25. The number of benzene rings is 1. The van der Waals surface area contributed by atoms with E-state index in [0.717, 1.165) is 25.9 Å². The van der Waals surface area contributed by atoms with Crippen LogP contribution in [0.3, 0.4) is 0 Å². The Hall–Kier alpha value is -0.990. The van der Waals surface area contributed by atoms with Gasteiger partial charge in [-0.05, 0) is 37.0 Å². The third kappa shape index (κ3) is 3.74. The average Bonchev–Trinajstić information content (AvgIpc) is 2.38. The fraction of sp³-hybridized carbons (Fsp3) is 0.400. The van der Waals surface area contributed by atoms with Crippen molar-refractivity contribution in [1.82, 2.24) is 4.90 Å². The number of carbonyl (C=O) groups excluding carboxylic acids is 1. The van der Waals surface area contributed by atoms with Crippen LogP contribution in [0.15, 0.2) is 24.3 Å². The molecule has 0 saturated carbocycles. The molecular formula is C15H17Cl2NO. The molecule has 1 aliphatic rings. The van der Waals surface area contributed by atoms with Crippen molar-refractivity contribution in [3.63, 3.8) is 0 Å². The van der Waals surface area contributed by atoms with Crippen molar-refractivity contribution >= 4 is 35.2 Å². The fourth-order valence-corrected chi connectivity index (χ4v) is 2.68. The minimum atomic E-state index is 0.0305. The summed E-state index contributed by atoms with van der Waals surface area (Å²) in [5.41, 5.74) is 0.699. The molecule has 0 aromatic heterocycles. The zero-order valence-corrected chi connectivity index (χ0v) is 12.4. The normalized spacial score (nSPS) is 17.1. The van der Waals surface area contributed by atoms with Crippen molar-refractivity contribution in [3.8, 4) is 0 Å². The summed E-state index contributed by atoms with van der Waals surface area (Å²) in [4.78, 5) is 13.9. The molecule has 0 spiro atoms. The van der Waals surface area contributed by atoms with Gasteiger partial charge in [-0.2, -0.15) is 0 Å². The average molecular weight is 298 g/mol. The summed E-state index contributed by atoms with van der Waals surface area (Å²) >= 11 is 12.1. The second-order valence-corrected chi connectivity index (χ2v) is 5.79. The lowest BCUT2D eigenvalue weighted by atomic mass is 9.99. The number of halogens is 2. The molecule has 1 aromatic carbocycles. The van der Waals surface area contributed by atoms with Crippen LogP contribution in [0.25, 0.3) is 6.08 Å². The molecule has 0 aliphatic carbocycles. The smallest absolute Gasteiger partial charge is 0.246 e. The molecule has 1 aliphatic heterocycles. The standard InChI is InChI=1S/C15H17Cl2NO/c1-11-7-9-18(10-8-11)15(19)6-5-12-13(16)3-2-4-14(12)17/h2-6,11H,7-10H2,1H3/b6-5+. The highest BCUT2D eigenvalue weighted by Gasteiger charge is 2.18. The third-order valence-corrected chi connectivity index (χ3v) is 4.15. The number of likely N-dealkylation sites (tertiary alicyclic amines) is 1. The van der Waals surface area contributed by atoms with E-state index in [9.17, 15) is 4.79 Å². The maximum atomic E-state index is 12.1. The molecule has 1 fully saturated rings. The second kappa shape index (κ2) is 6.44. The summed E-state index contributed by atoms with van der Waals surface area (Å²) in [6, 6.07) is 5.32. The van der Waals surface area contributed by atoms with Crippen LogP contribution < -0.4 is 0 Å². The highest BCUT2D eigenvalue weighted by atomic mass is 35.5. The van der Waals surface area contributed by atoms with E-state index in [0.29, 0.717) is 21.5 Å². The van der Waals surface area contributed by atoms with Gasteiger partial charge in [0.1, 0.15) is 0 Å². The van der Waals surface area contributed by atoms with Gasteiger partial charge in [-0.15, -0.1) is 0 Å². The Morgan fingerprint density at radius 3 is 2.42 bits per heavy atom. The molecule has 0 bridgehead atoms. The van der Waals surface area contributed by atoms with E-state index in [1.54, 1.807) is 30.4 Å². The SMILES string of the molecule is CC1CCN(C(=O)/C=C/c2c(Cl)cccc2Cl)CC1. The molecular weight excluding hydrogens is 281 g/mol. The number of hydrogen-bond acceptors (Lipinski definition) is 1. The van der Waals surface area contributed by atoms with Crippen molar-refractivity contribution < 1.29 is 4.79 Å². The van der Waals surface area contributed by atoms with Gasteiger partial charge in [0.15, 0.2) is 0 Å². The Morgan fingerprint density at radius 2 is 1.84 bits per heavy atom. The quantitative estimate of drug-likeness (QED) is 0.747. The second-order valence-electron chi connectivity index (χ2n) is 4.98. The summed E-state index contributed by atoms with van der Waals surface area (Å²) < 4.78 is 0. The molecule has 2 nitrogen and oxygen atoms in total. The van der Waals surface area contributed by atoms with Crippen molar-refractivity contribution in [1.29, 1.82) is 0 Å². The Labute approximate surface area is 124 Å². The summed E-state index contributed by atoms with van der Waals surface area (Å²) in [6.45, 7) is 3.89. The molecule has 0 atom stereocenters. The molecule has 1 heterocycles. The van der Waals surface area contributed by atoms with Gasteiger partial charge in [-0.3, -0.25) is 4.79 Å². The Balaban J connectivity index is 2.04. The zero-order chi connectivity index (χ0) is 13.8. The predicted octanol–water partition coefficient (Wildman–Crippen LogP) is 4.27. The van der Waals surface area contributed by atoms with Crippen LogP contribution in [0.1, 0.15) is 25.3 Å². The van der Waals surface area contributed by atoms with Crippen molar-refractivity contribution in [2.24, 2.45) is 5.92 Å². The number of hydrogen-bond donors (Lipinski definition) is 0. The van der Waals surface area contributed by atoms with Crippen LogP contribution in [0.2, 0.25) is 10.0 Å². The summed E-state index contributed by atoms with van der Waals surface area (Å²) in [5.74, 6) is 0.744. The molecule has 19 heavy (non-hydrogen) atoms. The number of amides is 1. The predicted molar refractivity (Wildman–Crippen MR) is 80.5 cm³/mol. The molecule has 1 aromatic rings. The maximum absolute atomic E-state index is 12.1. The van der Waals surface area contributed by atoms with Gasteiger partial charge in [0.25, 0.3) is 0 Å². The maximum Gasteiger partial charge on any atom is 0.246 e. The molecule has 0 radical (unpaired) electrons. The number of rotatable bonds is 2. The van der Waals surface area contributed by atoms with Crippen LogP contribution in [0, 0.1) is 5.92 Å². The third-order valence-electron chi connectivity index (χ3n) is 3.49. The van der Waals surface area contributed by atoms with Crippen LogP contribution in [0.4, 0.5) is 0 Å².